The van der Waals surface area contributed by atoms with Gasteiger partial charge in [0, 0.05) is 19.2 Å². The summed E-state index contributed by atoms with van der Waals surface area (Å²) in [6.07, 6.45) is 0.868. The number of hydrogen-bond acceptors (Lipinski definition) is 7. The predicted octanol–water partition coefficient (Wildman–Crippen LogP) is 4.10. The Balaban J connectivity index is 1.87. The molecule has 0 bridgehead atoms. The number of ether oxygens (including phenoxy) is 3. The highest BCUT2D eigenvalue weighted by atomic mass is 16.5. The fraction of sp³-hybridized carbons (Fsp3) is 0.407. The van der Waals surface area contributed by atoms with Crippen molar-refractivity contribution < 1.29 is 23.4 Å². The second-order valence-electron chi connectivity index (χ2n) is 8.73. The van der Waals surface area contributed by atoms with Crippen molar-refractivity contribution in [3.05, 3.63) is 63.5 Å². The fourth-order valence-electron chi connectivity index (χ4n) is 4.33. The van der Waals surface area contributed by atoms with E-state index in [0.29, 0.717) is 60.1 Å². The maximum Gasteiger partial charge on any atom is 0.290 e. The second kappa shape index (κ2) is 10.4. The highest BCUT2D eigenvalue weighted by Gasteiger charge is 2.42. The van der Waals surface area contributed by atoms with E-state index >= 15 is 0 Å². The number of hydrogen-bond donors (Lipinski definition) is 0. The smallest absolute Gasteiger partial charge is 0.290 e. The number of carbonyl (C=O) groups is 1. The maximum absolute atomic E-state index is 13.7. The van der Waals surface area contributed by atoms with E-state index in [-0.39, 0.29) is 17.1 Å². The van der Waals surface area contributed by atoms with E-state index < -0.39 is 6.04 Å². The number of amides is 1. The van der Waals surface area contributed by atoms with Crippen LogP contribution in [0, 0.1) is 0 Å². The standard InChI is InChI=1S/C27H32N2O6/c1-6-14-34-20-11-8-17(15-22(20)32-5)24-23-25(30)19-10-9-18(33-7-2)16-21(19)35-26(23)27(31)29(24)13-12-28(3)4/h8-11,15-16,24H,6-7,12-14H2,1-5H3. The van der Waals surface area contributed by atoms with Gasteiger partial charge in [0.25, 0.3) is 5.91 Å². The Bertz CT molecular complexity index is 1280. The first kappa shape index (κ1) is 24.6. The lowest BCUT2D eigenvalue weighted by Gasteiger charge is -2.27. The summed E-state index contributed by atoms with van der Waals surface area (Å²) >= 11 is 0. The molecule has 1 aliphatic heterocycles. The average Bonchev–Trinajstić information content (AvgIpc) is 3.13. The van der Waals surface area contributed by atoms with Gasteiger partial charge >= 0.3 is 0 Å². The van der Waals surface area contributed by atoms with Crippen molar-refractivity contribution in [3.63, 3.8) is 0 Å². The minimum atomic E-state index is -0.598. The molecule has 8 heteroatoms. The summed E-state index contributed by atoms with van der Waals surface area (Å²) in [4.78, 5) is 31.0. The van der Waals surface area contributed by atoms with Crippen LogP contribution in [0.15, 0.2) is 45.6 Å². The minimum Gasteiger partial charge on any atom is -0.494 e. The highest BCUT2D eigenvalue weighted by molar-refractivity contribution is 5.99. The van der Waals surface area contributed by atoms with Crippen LogP contribution in [0.4, 0.5) is 0 Å². The van der Waals surface area contributed by atoms with Crippen molar-refractivity contribution in [2.45, 2.75) is 26.3 Å². The Kier molecular flexibility index (Phi) is 7.31. The van der Waals surface area contributed by atoms with Gasteiger partial charge in [0.2, 0.25) is 5.76 Å². The van der Waals surface area contributed by atoms with Crippen molar-refractivity contribution in [1.82, 2.24) is 9.80 Å². The molecule has 35 heavy (non-hydrogen) atoms. The highest BCUT2D eigenvalue weighted by Crippen LogP contribution is 2.41. The molecule has 0 saturated carbocycles. The summed E-state index contributed by atoms with van der Waals surface area (Å²) < 4.78 is 23.0. The van der Waals surface area contributed by atoms with E-state index in [1.165, 1.54) is 0 Å². The van der Waals surface area contributed by atoms with Crippen LogP contribution in [0.25, 0.3) is 11.0 Å². The van der Waals surface area contributed by atoms with E-state index in [9.17, 15) is 9.59 Å². The lowest BCUT2D eigenvalue weighted by molar-refractivity contribution is 0.0716. The molecule has 0 spiro atoms. The Morgan fingerprint density at radius 1 is 1.03 bits per heavy atom. The van der Waals surface area contributed by atoms with E-state index in [2.05, 4.69) is 0 Å². The molecule has 0 saturated heterocycles. The first-order chi connectivity index (χ1) is 16.9. The SMILES string of the molecule is CCCOc1ccc(C2c3c(oc4cc(OCC)ccc4c3=O)C(=O)N2CCN(C)C)cc1OC. The number of methoxy groups -OCH3 is 1. The van der Waals surface area contributed by atoms with Crippen LogP contribution in [0.5, 0.6) is 17.2 Å². The zero-order valence-electron chi connectivity index (χ0n) is 20.9. The second-order valence-corrected chi connectivity index (χ2v) is 8.73. The van der Waals surface area contributed by atoms with Crippen LogP contribution < -0.4 is 19.6 Å². The van der Waals surface area contributed by atoms with Crippen LogP contribution in [0.1, 0.15) is 48.0 Å². The van der Waals surface area contributed by atoms with E-state index in [1.54, 1.807) is 30.2 Å². The maximum atomic E-state index is 13.7. The number of carbonyl (C=O) groups excluding carboxylic acids is 1. The molecule has 3 aromatic rings. The normalized spacial score (nSPS) is 15.1. The molecular weight excluding hydrogens is 448 g/mol. The van der Waals surface area contributed by atoms with Gasteiger partial charge in [-0.05, 0) is 57.3 Å². The quantitative estimate of drug-likeness (QED) is 0.432. The third-order valence-electron chi connectivity index (χ3n) is 6.00. The van der Waals surface area contributed by atoms with Gasteiger partial charge in [0.1, 0.15) is 11.3 Å². The zero-order valence-corrected chi connectivity index (χ0v) is 20.9. The van der Waals surface area contributed by atoms with Crippen LogP contribution in [-0.4, -0.2) is 63.2 Å². The summed E-state index contributed by atoms with van der Waals surface area (Å²) in [5, 5.41) is 0.411. The van der Waals surface area contributed by atoms with Gasteiger partial charge in [-0.25, -0.2) is 0 Å². The molecule has 0 fully saturated rings. The minimum absolute atomic E-state index is 0.0742. The third-order valence-corrected chi connectivity index (χ3v) is 6.00. The first-order valence-corrected chi connectivity index (χ1v) is 11.9. The van der Waals surface area contributed by atoms with E-state index in [4.69, 9.17) is 18.6 Å². The predicted molar refractivity (Wildman–Crippen MR) is 134 cm³/mol. The first-order valence-electron chi connectivity index (χ1n) is 11.9. The largest absolute Gasteiger partial charge is 0.494 e. The van der Waals surface area contributed by atoms with E-state index in [0.717, 1.165) is 12.0 Å². The van der Waals surface area contributed by atoms with Crippen LogP contribution in [0.2, 0.25) is 0 Å². The fourth-order valence-corrected chi connectivity index (χ4v) is 4.33. The molecule has 1 atom stereocenters. The van der Waals surface area contributed by atoms with Gasteiger partial charge in [0.05, 0.1) is 37.3 Å². The summed E-state index contributed by atoms with van der Waals surface area (Å²) in [6, 6.07) is 10.0. The van der Waals surface area contributed by atoms with Gasteiger partial charge in [-0.15, -0.1) is 0 Å². The lowest BCUT2D eigenvalue weighted by Crippen LogP contribution is -2.35. The molecule has 0 aliphatic carbocycles. The Labute approximate surface area is 205 Å². The van der Waals surface area contributed by atoms with Gasteiger partial charge in [-0.1, -0.05) is 13.0 Å². The Morgan fingerprint density at radius 2 is 1.83 bits per heavy atom. The van der Waals surface area contributed by atoms with Crippen molar-refractivity contribution >= 4 is 16.9 Å². The topological polar surface area (TPSA) is 81.5 Å². The third kappa shape index (κ3) is 4.71. The van der Waals surface area contributed by atoms with Crippen LogP contribution in [0.3, 0.4) is 0 Å². The van der Waals surface area contributed by atoms with Crippen LogP contribution >= 0.6 is 0 Å². The summed E-state index contributed by atoms with van der Waals surface area (Å²) in [7, 11) is 5.46. The molecule has 2 aromatic carbocycles. The molecule has 2 heterocycles. The lowest BCUT2D eigenvalue weighted by atomic mass is 9.98. The molecule has 1 unspecified atom stereocenters. The molecule has 1 aromatic heterocycles. The van der Waals surface area contributed by atoms with Crippen molar-refractivity contribution in [2.24, 2.45) is 0 Å². The molecule has 4 rings (SSSR count). The Hall–Kier alpha value is -3.52. The van der Waals surface area contributed by atoms with Gasteiger partial charge in [0.15, 0.2) is 16.9 Å². The average molecular weight is 481 g/mol. The molecule has 1 aliphatic rings. The number of likely N-dealkylation sites (N-methyl/N-ethyl adjacent to an activating group) is 1. The Morgan fingerprint density at radius 3 is 2.51 bits per heavy atom. The van der Waals surface area contributed by atoms with Gasteiger partial charge in [-0.2, -0.15) is 0 Å². The number of nitrogens with zero attached hydrogens (tertiary/aromatic N) is 2. The molecule has 0 N–H and O–H groups in total. The molecular formula is C27H32N2O6. The van der Waals surface area contributed by atoms with Crippen molar-refractivity contribution in [3.8, 4) is 17.2 Å². The van der Waals surface area contributed by atoms with Crippen LogP contribution in [-0.2, 0) is 0 Å². The summed E-state index contributed by atoms with van der Waals surface area (Å²) in [6.45, 7) is 6.02. The van der Waals surface area contributed by atoms with Gasteiger partial charge < -0.3 is 28.4 Å². The summed E-state index contributed by atoms with van der Waals surface area (Å²) in [5.74, 6) is 1.53. The van der Waals surface area contributed by atoms with Crippen molar-refractivity contribution in [1.29, 1.82) is 0 Å². The zero-order chi connectivity index (χ0) is 25.1. The molecule has 186 valence electrons. The monoisotopic (exact) mass is 480 g/mol. The number of benzene rings is 2. The summed E-state index contributed by atoms with van der Waals surface area (Å²) in [5.41, 5.74) is 1.21. The number of rotatable bonds is 10. The van der Waals surface area contributed by atoms with Crippen molar-refractivity contribution in [2.75, 3.05) is 47.5 Å². The molecule has 8 nitrogen and oxygen atoms in total. The molecule has 1 amide bonds. The number of fused-ring (bicyclic) bond motifs is 2. The molecule has 0 radical (unpaired) electrons. The van der Waals surface area contributed by atoms with Gasteiger partial charge in [-0.3, -0.25) is 9.59 Å². The van der Waals surface area contributed by atoms with E-state index in [1.807, 2.05) is 51.0 Å².